The van der Waals surface area contributed by atoms with Gasteiger partial charge >= 0.3 is 0 Å². The molecule has 1 heteroatoms. The van der Waals surface area contributed by atoms with Crippen molar-refractivity contribution in [3.8, 4) is 0 Å². The molecule has 3 rings (SSSR count). The minimum absolute atomic E-state index is 0.899. The molecule has 0 radical (unpaired) electrons. The van der Waals surface area contributed by atoms with Gasteiger partial charge < -0.3 is 5.32 Å². The van der Waals surface area contributed by atoms with Crippen LogP contribution in [0.2, 0.25) is 0 Å². The van der Waals surface area contributed by atoms with Gasteiger partial charge in [0.15, 0.2) is 0 Å². The van der Waals surface area contributed by atoms with Crippen molar-refractivity contribution in [2.24, 2.45) is 17.8 Å². The fourth-order valence-electron chi connectivity index (χ4n) is 3.76. The summed E-state index contributed by atoms with van der Waals surface area (Å²) in [5, 5.41) is 3.93. The van der Waals surface area contributed by atoms with E-state index < -0.39 is 0 Å². The SMILES string of the molecule is CCC1CCC1NC1C2CCCCC21. The smallest absolute Gasteiger partial charge is 0.0133 e. The Morgan fingerprint density at radius 1 is 1.00 bits per heavy atom. The molecule has 3 aliphatic carbocycles. The number of nitrogens with one attached hydrogen (secondary N) is 1. The molecule has 0 aromatic heterocycles. The zero-order valence-corrected chi connectivity index (χ0v) is 9.34. The second-order valence-corrected chi connectivity index (χ2v) is 5.66. The molecule has 1 nitrogen and oxygen atoms in total. The lowest BCUT2D eigenvalue weighted by atomic mass is 9.78. The Morgan fingerprint density at radius 2 is 1.71 bits per heavy atom. The van der Waals surface area contributed by atoms with E-state index in [1.54, 1.807) is 0 Å². The Labute approximate surface area is 87.7 Å². The maximum Gasteiger partial charge on any atom is 0.0133 e. The number of hydrogen-bond donors (Lipinski definition) is 1. The van der Waals surface area contributed by atoms with Gasteiger partial charge in [-0.3, -0.25) is 0 Å². The van der Waals surface area contributed by atoms with E-state index in [9.17, 15) is 0 Å². The van der Waals surface area contributed by atoms with E-state index in [2.05, 4.69) is 12.2 Å². The van der Waals surface area contributed by atoms with Crippen molar-refractivity contribution >= 4 is 0 Å². The van der Waals surface area contributed by atoms with Crippen LogP contribution in [0.25, 0.3) is 0 Å². The Morgan fingerprint density at radius 3 is 2.21 bits per heavy atom. The maximum absolute atomic E-state index is 3.93. The van der Waals surface area contributed by atoms with Crippen molar-refractivity contribution in [3.63, 3.8) is 0 Å². The van der Waals surface area contributed by atoms with Gasteiger partial charge in [0.25, 0.3) is 0 Å². The van der Waals surface area contributed by atoms with Gasteiger partial charge in [0, 0.05) is 12.1 Å². The highest BCUT2D eigenvalue weighted by atomic mass is 15.0. The molecule has 3 aliphatic rings. The van der Waals surface area contributed by atoms with Crippen molar-refractivity contribution in [1.82, 2.24) is 5.32 Å². The molecule has 0 aromatic carbocycles. The summed E-state index contributed by atoms with van der Waals surface area (Å²) >= 11 is 0. The van der Waals surface area contributed by atoms with Gasteiger partial charge in [0.2, 0.25) is 0 Å². The third-order valence-corrected chi connectivity index (χ3v) is 5.00. The van der Waals surface area contributed by atoms with Gasteiger partial charge in [0.05, 0.1) is 0 Å². The van der Waals surface area contributed by atoms with Crippen LogP contribution >= 0.6 is 0 Å². The van der Waals surface area contributed by atoms with Crippen LogP contribution in [0.5, 0.6) is 0 Å². The molecule has 0 spiro atoms. The lowest BCUT2D eigenvalue weighted by Crippen LogP contribution is -2.45. The number of hydrogen-bond acceptors (Lipinski definition) is 1. The predicted octanol–water partition coefficient (Wildman–Crippen LogP) is 2.95. The molecule has 0 aromatic rings. The van der Waals surface area contributed by atoms with Crippen LogP contribution in [0.1, 0.15) is 51.9 Å². The first kappa shape index (κ1) is 9.21. The molecule has 4 atom stereocenters. The lowest BCUT2D eigenvalue weighted by Gasteiger charge is -2.37. The van der Waals surface area contributed by atoms with Crippen LogP contribution in [0.15, 0.2) is 0 Å². The Hall–Kier alpha value is -0.0400. The van der Waals surface area contributed by atoms with E-state index in [0.717, 1.165) is 29.8 Å². The van der Waals surface area contributed by atoms with E-state index in [1.807, 2.05) is 0 Å². The molecule has 0 heterocycles. The maximum atomic E-state index is 3.93. The Kier molecular flexibility index (Phi) is 2.31. The van der Waals surface area contributed by atoms with Crippen LogP contribution < -0.4 is 5.32 Å². The molecule has 3 saturated carbocycles. The normalized spacial score (nSPS) is 50.8. The summed E-state index contributed by atoms with van der Waals surface area (Å²) in [5.41, 5.74) is 0. The third kappa shape index (κ3) is 1.41. The van der Waals surface area contributed by atoms with Crippen molar-refractivity contribution in [1.29, 1.82) is 0 Å². The second-order valence-electron chi connectivity index (χ2n) is 5.66. The minimum atomic E-state index is 0.899. The summed E-state index contributed by atoms with van der Waals surface area (Å²) in [6.45, 7) is 2.35. The van der Waals surface area contributed by atoms with Gasteiger partial charge in [0.1, 0.15) is 0 Å². The molecule has 0 saturated heterocycles. The number of fused-ring (bicyclic) bond motifs is 1. The summed E-state index contributed by atoms with van der Waals surface area (Å²) in [6, 6.07) is 1.84. The lowest BCUT2D eigenvalue weighted by molar-refractivity contribution is 0.198. The van der Waals surface area contributed by atoms with E-state index in [0.29, 0.717) is 0 Å². The summed E-state index contributed by atoms with van der Waals surface area (Å²) in [5.74, 6) is 3.18. The van der Waals surface area contributed by atoms with E-state index >= 15 is 0 Å². The molecule has 4 unspecified atom stereocenters. The zero-order chi connectivity index (χ0) is 9.54. The van der Waals surface area contributed by atoms with Gasteiger partial charge in [-0.2, -0.15) is 0 Å². The average Bonchev–Trinajstić information content (AvgIpc) is 2.87. The Balaban J connectivity index is 1.49. The van der Waals surface area contributed by atoms with Crippen LogP contribution in [0.4, 0.5) is 0 Å². The first-order chi connectivity index (χ1) is 6.90. The van der Waals surface area contributed by atoms with E-state index in [4.69, 9.17) is 0 Å². The predicted molar refractivity (Wildman–Crippen MR) is 59.2 cm³/mol. The molecular formula is C13H23N. The van der Waals surface area contributed by atoms with E-state index in [-0.39, 0.29) is 0 Å². The first-order valence-electron chi connectivity index (χ1n) is 6.66. The highest BCUT2D eigenvalue weighted by molar-refractivity contribution is 5.07. The molecular weight excluding hydrogens is 170 g/mol. The summed E-state index contributed by atoms with van der Waals surface area (Å²) < 4.78 is 0. The molecule has 80 valence electrons. The molecule has 3 fully saturated rings. The van der Waals surface area contributed by atoms with Gasteiger partial charge in [-0.05, 0) is 43.4 Å². The van der Waals surface area contributed by atoms with Gasteiger partial charge in [-0.15, -0.1) is 0 Å². The fraction of sp³-hybridized carbons (Fsp3) is 1.00. The van der Waals surface area contributed by atoms with Crippen molar-refractivity contribution in [3.05, 3.63) is 0 Å². The molecule has 1 N–H and O–H groups in total. The third-order valence-electron chi connectivity index (χ3n) is 5.00. The highest BCUT2D eigenvalue weighted by Gasteiger charge is 2.51. The summed E-state index contributed by atoms with van der Waals surface area (Å²) in [7, 11) is 0. The van der Waals surface area contributed by atoms with Crippen LogP contribution in [0.3, 0.4) is 0 Å². The van der Waals surface area contributed by atoms with Crippen LogP contribution in [-0.4, -0.2) is 12.1 Å². The standard InChI is InChI=1S/C13H23N/c1-2-9-7-8-12(9)14-13-10-5-3-4-6-11(10)13/h9-14H,2-8H2,1H3. The van der Waals surface area contributed by atoms with Crippen LogP contribution in [0, 0.1) is 17.8 Å². The van der Waals surface area contributed by atoms with Crippen LogP contribution in [-0.2, 0) is 0 Å². The van der Waals surface area contributed by atoms with Crippen molar-refractivity contribution < 1.29 is 0 Å². The second kappa shape index (κ2) is 3.52. The quantitative estimate of drug-likeness (QED) is 0.726. The van der Waals surface area contributed by atoms with Crippen molar-refractivity contribution in [2.45, 2.75) is 64.0 Å². The molecule has 0 aliphatic heterocycles. The largest absolute Gasteiger partial charge is 0.310 e. The monoisotopic (exact) mass is 193 g/mol. The topological polar surface area (TPSA) is 12.0 Å². The van der Waals surface area contributed by atoms with Gasteiger partial charge in [-0.25, -0.2) is 0 Å². The van der Waals surface area contributed by atoms with E-state index in [1.165, 1.54) is 44.9 Å². The zero-order valence-electron chi connectivity index (χ0n) is 9.34. The highest BCUT2D eigenvalue weighted by Crippen LogP contribution is 2.50. The summed E-state index contributed by atoms with van der Waals surface area (Å²) in [6.07, 6.45) is 10.4. The minimum Gasteiger partial charge on any atom is -0.310 e. The number of rotatable bonds is 3. The average molecular weight is 193 g/mol. The fourth-order valence-corrected chi connectivity index (χ4v) is 3.76. The molecule has 0 amide bonds. The molecule has 0 bridgehead atoms. The molecule has 14 heavy (non-hydrogen) atoms. The van der Waals surface area contributed by atoms with Crippen molar-refractivity contribution in [2.75, 3.05) is 0 Å². The first-order valence-corrected chi connectivity index (χ1v) is 6.66. The van der Waals surface area contributed by atoms with Gasteiger partial charge in [-0.1, -0.05) is 26.2 Å². The summed E-state index contributed by atoms with van der Waals surface area (Å²) in [4.78, 5) is 0. The Bertz CT molecular complexity index is 199.